The predicted molar refractivity (Wildman–Crippen MR) is 56.2 cm³/mol. The Morgan fingerprint density at radius 1 is 1.38 bits per heavy atom. The van der Waals surface area contributed by atoms with Gasteiger partial charge in [-0.3, -0.25) is 4.79 Å². The first-order valence-corrected chi connectivity index (χ1v) is 4.58. The third-order valence-corrected chi connectivity index (χ3v) is 1.70. The molecule has 1 atom stereocenters. The Balaban J connectivity index is 4.31. The van der Waals surface area contributed by atoms with E-state index in [0.717, 1.165) is 17.1 Å². The average molecular weight is 229 g/mol. The van der Waals surface area contributed by atoms with Crippen LogP contribution in [0.2, 0.25) is 0 Å². The van der Waals surface area contributed by atoms with Crippen molar-refractivity contribution in [2.24, 2.45) is 0 Å². The molecule has 0 saturated heterocycles. The molecule has 0 aliphatic heterocycles. The van der Waals surface area contributed by atoms with Crippen LogP contribution >= 0.6 is 0 Å². The molecule has 0 spiro atoms. The summed E-state index contributed by atoms with van der Waals surface area (Å²) in [5, 5.41) is 18.2. The van der Waals surface area contributed by atoms with Crippen LogP contribution in [0.4, 0.5) is 0 Å². The molecule has 1 unspecified atom stereocenters. The quantitative estimate of drug-likeness (QED) is 0.333. The van der Waals surface area contributed by atoms with E-state index < -0.39 is 18.1 Å². The minimum absolute atomic E-state index is 0.0718. The van der Waals surface area contributed by atoms with Gasteiger partial charge in [0.2, 0.25) is 5.91 Å². The van der Waals surface area contributed by atoms with Crippen molar-refractivity contribution in [3.05, 3.63) is 25.3 Å². The molecule has 0 aliphatic rings. The molecule has 6 nitrogen and oxygen atoms in total. The molecule has 0 aromatic rings. The number of carbonyl (C=O) groups excluding carboxylic acids is 2. The van der Waals surface area contributed by atoms with Gasteiger partial charge in [0.05, 0.1) is 6.61 Å². The van der Waals surface area contributed by atoms with Gasteiger partial charge in [-0.15, -0.1) is 0 Å². The highest BCUT2D eigenvalue weighted by atomic mass is 16.5. The van der Waals surface area contributed by atoms with Gasteiger partial charge >= 0.3 is 5.97 Å². The molecule has 0 heterocycles. The average Bonchev–Trinajstić information content (AvgIpc) is 2.31. The lowest BCUT2D eigenvalue weighted by atomic mass is 10.4. The molecule has 6 heteroatoms. The Labute approximate surface area is 93.4 Å². The summed E-state index contributed by atoms with van der Waals surface area (Å²) < 4.78 is 4.56. The zero-order chi connectivity index (χ0) is 12.6. The van der Waals surface area contributed by atoms with Crippen molar-refractivity contribution in [2.75, 3.05) is 19.8 Å². The van der Waals surface area contributed by atoms with E-state index in [1.165, 1.54) is 0 Å². The molecule has 0 fully saturated rings. The minimum atomic E-state index is -1.32. The number of ether oxygens (including phenoxy) is 1. The lowest BCUT2D eigenvalue weighted by Crippen LogP contribution is -2.44. The Kier molecular flexibility index (Phi) is 6.82. The minimum Gasteiger partial charge on any atom is -0.458 e. The molecular formula is C10H15NO5. The summed E-state index contributed by atoms with van der Waals surface area (Å²) in [4.78, 5) is 22.9. The highest BCUT2D eigenvalue weighted by Gasteiger charge is 2.19. The number of esters is 1. The van der Waals surface area contributed by atoms with Crippen LogP contribution in [0.15, 0.2) is 25.3 Å². The van der Waals surface area contributed by atoms with E-state index in [-0.39, 0.29) is 19.8 Å². The highest BCUT2D eigenvalue weighted by molar-refractivity contribution is 5.87. The predicted octanol–water partition coefficient (Wildman–Crippen LogP) is -0.959. The van der Waals surface area contributed by atoms with Gasteiger partial charge in [-0.25, -0.2) is 4.79 Å². The van der Waals surface area contributed by atoms with E-state index in [2.05, 4.69) is 17.9 Å². The van der Waals surface area contributed by atoms with E-state index in [1.807, 2.05) is 0 Å². The van der Waals surface area contributed by atoms with Crippen LogP contribution in [0, 0.1) is 0 Å². The molecule has 0 aromatic carbocycles. The summed E-state index contributed by atoms with van der Waals surface area (Å²) in [7, 11) is 0. The van der Waals surface area contributed by atoms with Crippen molar-refractivity contribution in [1.82, 2.24) is 4.90 Å². The number of aliphatic hydroxyl groups excluding tert-OH is 2. The summed E-state index contributed by atoms with van der Waals surface area (Å²) in [6, 6.07) is 0. The third-order valence-electron chi connectivity index (χ3n) is 1.70. The van der Waals surface area contributed by atoms with Gasteiger partial charge in [0, 0.05) is 12.6 Å². The van der Waals surface area contributed by atoms with E-state index in [9.17, 15) is 14.7 Å². The Bertz CT molecular complexity index is 276. The Morgan fingerprint density at radius 3 is 2.44 bits per heavy atom. The summed E-state index contributed by atoms with van der Waals surface area (Å²) in [5.74, 6) is -1.26. The number of carbonyl (C=O) groups is 2. The highest BCUT2D eigenvalue weighted by Crippen LogP contribution is 1.99. The fraction of sp³-hybridized carbons (Fsp3) is 0.400. The lowest BCUT2D eigenvalue weighted by molar-refractivity contribution is -0.152. The van der Waals surface area contributed by atoms with Crippen LogP contribution < -0.4 is 0 Å². The van der Waals surface area contributed by atoms with Crippen molar-refractivity contribution in [3.8, 4) is 0 Å². The second kappa shape index (κ2) is 7.61. The number of hydrogen-bond acceptors (Lipinski definition) is 5. The van der Waals surface area contributed by atoms with Gasteiger partial charge < -0.3 is 19.8 Å². The molecule has 1 amide bonds. The van der Waals surface area contributed by atoms with Gasteiger partial charge in [-0.05, 0) is 6.08 Å². The van der Waals surface area contributed by atoms with Crippen LogP contribution in [-0.2, 0) is 14.3 Å². The number of nitrogens with zero attached hydrogens (tertiary/aromatic N) is 1. The first-order chi connectivity index (χ1) is 7.56. The lowest BCUT2D eigenvalue weighted by Gasteiger charge is -2.25. The Morgan fingerprint density at radius 2 is 2.00 bits per heavy atom. The van der Waals surface area contributed by atoms with Gasteiger partial charge in [0.25, 0.3) is 0 Å². The summed E-state index contributed by atoms with van der Waals surface area (Å²) in [6.45, 7) is 5.66. The number of amides is 1. The van der Waals surface area contributed by atoms with Crippen LogP contribution in [0.25, 0.3) is 0 Å². The molecule has 0 aromatic heterocycles. The molecular weight excluding hydrogens is 214 g/mol. The SMILES string of the molecule is C=CC(=O)OCC(O)N(CCO)C(=O)C=C. The smallest absolute Gasteiger partial charge is 0.330 e. The van der Waals surface area contributed by atoms with Gasteiger partial charge in [0.15, 0.2) is 6.23 Å². The van der Waals surface area contributed by atoms with E-state index in [1.54, 1.807) is 0 Å². The van der Waals surface area contributed by atoms with Crippen LogP contribution in [0.5, 0.6) is 0 Å². The zero-order valence-corrected chi connectivity index (χ0v) is 8.83. The van der Waals surface area contributed by atoms with Crippen LogP contribution in [0.3, 0.4) is 0 Å². The first-order valence-electron chi connectivity index (χ1n) is 4.58. The molecule has 0 rings (SSSR count). The maximum atomic E-state index is 11.2. The maximum Gasteiger partial charge on any atom is 0.330 e. The fourth-order valence-electron chi connectivity index (χ4n) is 0.937. The molecule has 0 radical (unpaired) electrons. The number of rotatable bonds is 7. The first kappa shape index (κ1) is 14.3. The number of aliphatic hydroxyl groups is 2. The molecule has 0 aliphatic carbocycles. The topological polar surface area (TPSA) is 87.1 Å². The van der Waals surface area contributed by atoms with Crippen molar-refractivity contribution >= 4 is 11.9 Å². The molecule has 2 N–H and O–H groups in total. The van der Waals surface area contributed by atoms with Gasteiger partial charge in [0.1, 0.15) is 6.61 Å². The maximum absolute atomic E-state index is 11.2. The fourth-order valence-corrected chi connectivity index (χ4v) is 0.937. The van der Waals surface area contributed by atoms with E-state index >= 15 is 0 Å². The molecule has 90 valence electrons. The van der Waals surface area contributed by atoms with E-state index in [4.69, 9.17) is 5.11 Å². The van der Waals surface area contributed by atoms with Crippen LogP contribution in [-0.4, -0.2) is 53.0 Å². The van der Waals surface area contributed by atoms with Crippen molar-refractivity contribution < 1.29 is 24.5 Å². The normalized spacial score (nSPS) is 11.4. The standard InChI is InChI=1S/C10H15NO5/c1-3-8(13)11(5-6-12)9(14)7-16-10(15)4-2/h3-4,9,12,14H,1-2,5-7H2. The number of hydrogen-bond donors (Lipinski definition) is 2. The summed E-state index contributed by atoms with van der Waals surface area (Å²) >= 11 is 0. The Hall–Kier alpha value is -1.66. The van der Waals surface area contributed by atoms with Crippen molar-refractivity contribution in [1.29, 1.82) is 0 Å². The third kappa shape index (κ3) is 4.72. The second-order valence-electron chi connectivity index (χ2n) is 2.77. The van der Waals surface area contributed by atoms with E-state index in [0.29, 0.717) is 0 Å². The van der Waals surface area contributed by atoms with Crippen LogP contribution in [0.1, 0.15) is 0 Å². The zero-order valence-electron chi connectivity index (χ0n) is 8.83. The van der Waals surface area contributed by atoms with Gasteiger partial charge in [-0.1, -0.05) is 13.2 Å². The molecule has 0 saturated carbocycles. The largest absolute Gasteiger partial charge is 0.458 e. The van der Waals surface area contributed by atoms with Crippen molar-refractivity contribution in [2.45, 2.75) is 6.23 Å². The monoisotopic (exact) mass is 229 g/mol. The molecule has 16 heavy (non-hydrogen) atoms. The summed E-state index contributed by atoms with van der Waals surface area (Å²) in [5.41, 5.74) is 0. The summed E-state index contributed by atoms with van der Waals surface area (Å²) in [6.07, 6.45) is 0.619. The molecule has 0 bridgehead atoms. The second-order valence-corrected chi connectivity index (χ2v) is 2.77. The van der Waals surface area contributed by atoms with Crippen molar-refractivity contribution in [3.63, 3.8) is 0 Å². The van der Waals surface area contributed by atoms with Gasteiger partial charge in [-0.2, -0.15) is 0 Å².